The van der Waals surface area contributed by atoms with E-state index < -0.39 is 0 Å². The van der Waals surface area contributed by atoms with Crippen LogP contribution in [0.1, 0.15) is 58.4 Å². The van der Waals surface area contributed by atoms with E-state index in [4.69, 9.17) is 0 Å². The van der Waals surface area contributed by atoms with Gasteiger partial charge in [0, 0.05) is 24.7 Å². The SMILES string of the molecule is CC[C@H](C(=O)N1CCC(c2nnc(C(=O)Nc3ccccc3)s2)CC1)c1ccccc1. The molecule has 2 heterocycles. The smallest absolute Gasteiger partial charge is 0.286 e. The van der Waals surface area contributed by atoms with Crippen molar-refractivity contribution in [1.29, 1.82) is 0 Å². The summed E-state index contributed by atoms with van der Waals surface area (Å²) in [6, 6.07) is 19.3. The summed E-state index contributed by atoms with van der Waals surface area (Å²) in [6.45, 7) is 3.47. The molecule has 0 bridgehead atoms. The standard InChI is InChI=1S/C24H26N4O2S/c1-2-20(17-9-5-3-6-10-17)24(30)28-15-13-18(14-16-28)22-26-27-23(31-22)21(29)25-19-11-7-4-8-12-19/h3-12,18,20H,2,13-16H2,1H3,(H,25,29)/t20-/m0/s1. The molecule has 3 aromatic rings. The van der Waals surface area contributed by atoms with Crippen LogP contribution in [0, 0.1) is 0 Å². The molecule has 0 saturated carbocycles. The van der Waals surface area contributed by atoms with Crippen molar-refractivity contribution in [2.45, 2.75) is 38.0 Å². The summed E-state index contributed by atoms with van der Waals surface area (Å²) >= 11 is 1.35. The highest BCUT2D eigenvalue weighted by Gasteiger charge is 2.30. The minimum absolute atomic E-state index is 0.0902. The Kier molecular flexibility index (Phi) is 6.72. The maximum Gasteiger partial charge on any atom is 0.286 e. The highest BCUT2D eigenvalue weighted by Crippen LogP contribution is 2.32. The third-order valence-corrected chi connectivity index (χ3v) is 6.82. The average molecular weight is 435 g/mol. The summed E-state index contributed by atoms with van der Waals surface area (Å²) in [5, 5.41) is 12.5. The zero-order chi connectivity index (χ0) is 21.6. The van der Waals surface area contributed by atoms with Crippen molar-refractivity contribution in [2.75, 3.05) is 18.4 Å². The molecule has 0 unspecified atom stereocenters. The number of anilines is 1. The van der Waals surface area contributed by atoms with Gasteiger partial charge in [-0.3, -0.25) is 9.59 Å². The summed E-state index contributed by atoms with van der Waals surface area (Å²) < 4.78 is 0. The molecule has 1 aliphatic rings. The zero-order valence-electron chi connectivity index (χ0n) is 17.5. The summed E-state index contributed by atoms with van der Waals surface area (Å²) in [6.07, 6.45) is 2.47. The third-order valence-electron chi connectivity index (χ3n) is 5.73. The summed E-state index contributed by atoms with van der Waals surface area (Å²) in [5.41, 5.74) is 1.82. The van der Waals surface area contributed by atoms with Crippen LogP contribution in [0.5, 0.6) is 0 Å². The minimum Gasteiger partial charge on any atom is -0.342 e. The number of piperidine rings is 1. The first-order chi connectivity index (χ1) is 15.2. The molecule has 1 saturated heterocycles. The number of para-hydroxylation sites is 1. The van der Waals surface area contributed by atoms with Gasteiger partial charge >= 0.3 is 0 Å². The van der Waals surface area contributed by atoms with Crippen LogP contribution in [0.2, 0.25) is 0 Å². The van der Waals surface area contributed by atoms with Crippen LogP contribution in [0.3, 0.4) is 0 Å². The predicted octanol–water partition coefficient (Wildman–Crippen LogP) is 4.69. The Bertz CT molecular complexity index is 1010. The topological polar surface area (TPSA) is 75.2 Å². The molecule has 1 aliphatic heterocycles. The van der Waals surface area contributed by atoms with Crippen molar-refractivity contribution in [2.24, 2.45) is 0 Å². The van der Waals surface area contributed by atoms with E-state index in [0.717, 1.165) is 35.5 Å². The molecule has 1 fully saturated rings. The second-order valence-corrected chi connectivity index (χ2v) is 8.75. The quantitative estimate of drug-likeness (QED) is 0.611. The van der Waals surface area contributed by atoms with Gasteiger partial charge in [-0.05, 0) is 37.0 Å². The molecule has 0 radical (unpaired) electrons. The Morgan fingerprint density at radius 2 is 1.68 bits per heavy atom. The number of hydrogen-bond donors (Lipinski definition) is 1. The number of amides is 2. The molecular weight excluding hydrogens is 408 g/mol. The van der Waals surface area contributed by atoms with Gasteiger partial charge in [-0.1, -0.05) is 66.8 Å². The lowest BCUT2D eigenvalue weighted by molar-refractivity contribution is -0.134. The number of benzene rings is 2. The second kappa shape index (κ2) is 9.83. The lowest BCUT2D eigenvalue weighted by Crippen LogP contribution is -2.40. The molecule has 0 spiro atoms. The van der Waals surface area contributed by atoms with E-state index in [1.165, 1.54) is 11.3 Å². The van der Waals surface area contributed by atoms with E-state index in [1.54, 1.807) is 0 Å². The van der Waals surface area contributed by atoms with E-state index in [0.29, 0.717) is 18.1 Å². The number of nitrogens with zero attached hydrogens (tertiary/aromatic N) is 3. The average Bonchev–Trinajstić information content (AvgIpc) is 3.32. The number of carbonyl (C=O) groups excluding carboxylic acids is 2. The Morgan fingerprint density at radius 3 is 2.32 bits per heavy atom. The van der Waals surface area contributed by atoms with Gasteiger partial charge in [0.1, 0.15) is 5.01 Å². The number of carbonyl (C=O) groups is 2. The molecular formula is C24H26N4O2S. The van der Waals surface area contributed by atoms with Crippen molar-refractivity contribution in [3.8, 4) is 0 Å². The lowest BCUT2D eigenvalue weighted by atomic mass is 9.92. The molecule has 4 rings (SSSR count). The molecule has 160 valence electrons. The second-order valence-electron chi connectivity index (χ2n) is 7.74. The molecule has 1 aromatic heterocycles. The molecule has 31 heavy (non-hydrogen) atoms. The first kappa shape index (κ1) is 21.2. The summed E-state index contributed by atoms with van der Waals surface area (Å²) in [5.74, 6) is 0.104. The minimum atomic E-state index is -0.240. The molecule has 1 N–H and O–H groups in total. The van der Waals surface area contributed by atoms with Crippen LogP contribution in [0.4, 0.5) is 5.69 Å². The normalized spacial score (nSPS) is 15.5. The van der Waals surface area contributed by atoms with Crippen molar-refractivity contribution in [1.82, 2.24) is 15.1 Å². The number of rotatable bonds is 6. The van der Waals surface area contributed by atoms with Gasteiger partial charge in [-0.2, -0.15) is 0 Å². The van der Waals surface area contributed by atoms with Gasteiger partial charge in [0.25, 0.3) is 5.91 Å². The van der Waals surface area contributed by atoms with Gasteiger partial charge in [0.15, 0.2) is 0 Å². The molecule has 2 aromatic carbocycles. The zero-order valence-corrected chi connectivity index (χ0v) is 18.3. The maximum atomic E-state index is 13.1. The largest absolute Gasteiger partial charge is 0.342 e. The van der Waals surface area contributed by atoms with Crippen LogP contribution < -0.4 is 5.32 Å². The fourth-order valence-corrected chi connectivity index (χ4v) is 4.91. The highest BCUT2D eigenvalue weighted by molar-refractivity contribution is 7.13. The van der Waals surface area contributed by atoms with Crippen molar-refractivity contribution in [3.05, 3.63) is 76.2 Å². The van der Waals surface area contributed by atoms with Gasteiger partial charge in [0.2, 0.25) is 10.9 Å². The highest BCUT2D eigenvalue weighted by atomic mass is 32.1. The first-order valence-electron chi connectivity index (χ1n) is 10.7. The van der Waals surface area contributed by atoms with E-state index in [2.05, 4.69) is 22.4 Å². The molecule has 0 aliphatic carbocycles. The fourth-order valence-electron chi connectivity index (χ4n) is 4.00. The van der Waals surface area contributed by atoms with Crippen LogP contribution in [0.15, 0.2) is 60.7 Å². The Labute approximate surface area is 186 Å². The van der Waals surface area contributed by atoms with Gasteiger partial charge < -0.3 is 10.2 Å². The number of nitrogens with one attached hydrogen (secondary N) is 1. The van der Waals surface area contributed by atoms with Crippen LogP contribution >= 0.6 is 11.3 Å². The maximum absolute atomic E-state index is 13.1. The third kappa shape index (κ3) is 4.99. The first-order valence-corrected chi connectivity index (χ1v) is 11.5. The van der Waals surface area contributed by atoms with Gasteiger partial charge in [-0.15, -0.1) is 10.2 Å². The Hall–Kier alpha value is -3.06. The summed E-state index contributed by atoms with van der Waals surface area (Å²) in [7, 11) is 0. The monoisotopic (exact) mass is 434 g/mol. The fraction of sp³-hybridized carbons (Fsp3) is 0.333. The van der Waals surface area contributed by atoms with Crippen molar-refractivity contribution >= 4 is 28.8 Å². The van der Waals surface area contributed by atoms with E-state index in [1.807, 2.05) is 65.6 Å². The van der Waals surface area contributed by atoms with Gasteiger partial charge in [0.05, 0.1) is 5.92 Å². The number of hydrogen-bond acceptors (Lipinski definition) is 5. The number of likely N-dealkylation sites (tertiary alicyclic amines) is 1. The van der Waals surface area contributed by atoms with Crippen molar-refractivity contribution < 1.29 is 9.59 Å². The molecule has 1 atom stereocenters. The number of aromatic nitrogens is 2. The molecule has 2 amide bonds. The van der Waals surface area contributed by atoms with E-state index in [9.17, 15) is 9.59 Å². The molecule has 6 nitrogen and oxygen atoms in total. The Balaban J connectivity index is 1.35. The summed E-state index contributed by atoms with van der Waals surface area (Å²) in [4.78, 5) is 27.5. The lowest BCUT2D eigenvalue weighted by Gasteiger charge is -2.33. The van der Waals surface area contributed by atoms with E-state index >= 15 is 0 Å². The predicted molar refractivity (Wildman–Crippen MR) is 122 cm³/mol. The van der Waals surface area contributed by atoms with Crippen LogP contribution in [-0.2, 0) is 4.79 Å². The molecule has 7 heteroatoms. The van der Waals surface area contributed by atoms with Crippen LogP contribution in [0.25, 0.3) is 0 Å². The Morgan fingerprint density at radius 1 is 1.03 bits per heavy atom. The van der Waals surface area contributed by atoms with Crippen molar-refractivity contribution in [3.63, 3.8) is 0 Å². The van der Waals surface area contributed by atoms with Gasteiger partial charge in [-0.25, -0.2) is 0 Å². The van der Waals surface area contributed by atoms with Crippen LogP contribution in [-0.4, -0.2) is 40.0 Å². The van der Waals surface area contributed by atoms with E-state index in [-0.39, 0.29) is 23.7 Å².